The molecule has 1 aromatic heterocycles. The lowest BCUT2D eigenvalue weighted by Gasteiger charge is -2.38. The number of pyridine rings is 1. The molecular weight excluding hydrogens is 446 g/mol. The smallest absolute Gasteiger partial charge is 0.259 e. The highest BCUT2D eigenvalue weighted by molar-refractivity contribution is 5.97. The van der Waals surface area contributed by atoms with E-state index in [1.165, 1.54) is 0 Å². The van der Waals surface area contributed by atoms with E-state index in [1.807, 2.05) is 6.92 Å². The zero-order chi connectivity index (χ0) is 25.2. The predicted octanol–water partition coefficient (Wildman–Crippen LogP) is 2.22. The Bertz CT molecular complexity index is 1010. The Kier molecular flexibility index (Phi) is 7.67. The lowest BCUT2D eigenvalue weighted by Crippen LogP contribution is -2.51. The van der Waals surface area contributed by atoms with Crippen molar-refractivity contribution in [2.45, 2.75) is 76.5 Å². The number of nitrogens with zero attached hydrogens (tertiary/aromatic N) is 3. The summed E-state index contributed by atoms with van der Waals surface area (Å²) in [6.07, 6.45) is 7.35. The Morgan fingerprint density at radius 1 is 1.34 bits per heavy atom. The number of ether oxygens (including phenoxy) is 1. The molecule has 0 radical (unpaired) electrons. The van der Waals surface area contributed by atoms with E-state index in [-0.39, 0.29) is 53.8 Å². The predicted molar refractivity (Wildman–Crippen MR) is 131 cm³/mol. The highest BCUT2D eigenvalue weighted by Gasteiger charge is 2.36. The summed E-state index contributed by atoms with van der Waals surface area (Å²) in [7, 11) is 1.80. The molecule has 1 aliphatic heterocycles. The molecule has 3 atom stereocenters. The van der Waals surface area contributed by atoms with Gasteiger partial charge in [-0.2, -0.15) is 0 Å². The fraction of sp³-hybridized carbons (Fsp3) is 0.667. The van der Waals surface area contributed by atoms with Gasteiger partial charge in [0.05, 0.1) is 19.2 Å². The van der Waals surface area contributed by atoms with E-state index in [0.29, 0.717) is 31.5 Å². The first kappa shape index (κ1) is 25.5. The Morgan fingerprint density at radius 2 is 2.06 bits per heavy atom. The molecule has 0 aromatic carbocycles. The second kappa shape index (κ2) is 10.5. The van der Waals surface area contributed by atoms with Gasteiger partial charge >= 0.3 is 0 Å². The van der Waals surface area contributed by atoms with E-state index in [9.17, 15) is 19.8 Å². The van der Waals surface area contributed by atoms with Crippen molar-refractivity contribution >= 4 is 11.8 Å². The van der Waals surface area contributed by atoms with E-state index in [2.05, 4.69) is 16.8 Å². The molecule has 2 fully saturated rings. The summed E-state index contributed by atoms with van der Waals surface area (Å²) in [6, 6.07) is 1.27. The van der Waals surface area contributed by atoms with Crippen LogP contribution >= 0.6 is 0 Å². The van der Waals surface area contributed by atoms with Gasteiger partial charge in [0.2, 0.25) is 11.8 Å². The number of aromatic nitrogens is 1. The van der Waals surface area contributed by atoms with Gasteiger partial charge in [0.15, 0.2) is 0 Å². The van der Waals surface area contributed by atoms with Crippen molar-refractivity contribution in [3.8, 4) is 17.7 Å². The summed E-state index contributed by atoms with van der Waals surface area (Å²) in [5, 5.41) is 20.4. The minimum absolute atomic E-state index is 0.0874. The first-order valence-electron chi connectivity index (χ1n) is 12.8. The fourth-order valence-electron chi connectivity index (χ4n) is 4.99. The Morgan fingerprint density at radius 3 is 2.69 bits per heavy atom. The van der Waals surface area contributed by atoms with Crippen molar-refractivity contribution < 1.29 is 24.5 Å². The van der Waals surface area contributed by atoms with Crippen molar-refractivity contribution in [3.63, 3.8) is 0 Å². The summed E-state index contributed by atoms with van der Waals surface area (Å²) in [5.74, 6) is 6.02. The molecule has 1 aromatic rings. The van der Waals surface area contributed by atoms with Crippen LogP contribution in [0.2, 0.25) is 0 Å². The lowest BCUT2D eigenvalue weighted by molar-refractivity contribution is -0.138. The third kappa shape index (κ3) is 5.62. The molecule has 4 rings (SSSR count). The number of aliphatic hydroxyl groups is 2. The van der Waals surface area contributed by atoms with Gasteiger partial charge in [-0.15, -0.1) is 0 Å². The quantitative estimate of drug-likeness (QED) is 0.623. The van der Waals surface area contributed by atoms with Gasteiger partial charge in [-0.05, 0) is 51.5 Å². The summed E-state index contributed by atoms with van der Waals surface area (Å²) in [4.78, 5) is 34.1. The zero-order valence-electron chi connectivity index (χ0n) is 21.0. The average Bonchev–Trinajstić information content (AvgIpc) is 3.25. The Balaban J connectivity index is 1.63. The second-order valence-corrected chi connectivity index (χ2v) is 10.5. The van der Waals surface area contributed by atoms with Gasteiger partial charge in [0.25, 0.3) is 5.91 Å². The van der Waals surface area contributed by atoms with Gasteiger partial charge in [-0.25, -0.2) is 4.98 Å². The van der Waals surface area contributed by atoms with Crippen molar-refractivity contribution in [2.75, 3.05) is 26.7 Å². The molecular formula is C27H37N3O5. The largest absolute Gasteiger partial charge is 0.472 e. The third-order valence-electron chi connectivity index (χ3n) is 7.68. The van der Waals surface area contributed by atoms with Crippen LogP contribution in [0.25, 0.3) is 0 Å². The Hall–Kier alpha value is -2.63. The molecule has 2 saturated carbocycles. The molecule has 2 aliphatic carbocycles. The molecule has 2 N–H and O–H groups in total. The normalized spacial score (nSPS) is 24.7. The minimum atomic E-state index is -0.986. The maximum absolute atomic E-state index is 13.5. The molecule has 2 heterocycles. The van der Waals surface area contributed by atoms with Gasteiger partial charge in [-0.3, -0.25) is 9.59 Å². The van der Waals surface area contributed by atoms with E-state index >= 15 is 0 Å². The zero-order valence-corrected chi connectivity index (χ0v) is 21.0. The number of likely N-dealkylation sites (N-methyl/N-ethyl adjacent to an activating group) is 1. The fourth-order valence-corrected chi connectivity index (χ4v) is 4.99. The molecule has 0 saturated heterocycles. The first-order valence-corrected chi connectivity index (χ1v) is 12.8. The number of aliphatic hydroxyl groups excluding tert-OH is 1. The first-order chi connectivity index (χ1) is 16.7. The maximum Gasteiger partial charge on any atom is 0.259 e. The number of rotatable bonds is 5. The van der Waals surface area contributed by atoms with E-state index < -0.39 is 5.60 Å². The summed E-state index contributed by atoms with van der Waals surface area (Å²) in [6.45, 7) is 4.40. The summed E-state index contributed by atoms with van der Waals surface area (Å²) in [5.41, 5.74) is -0.180. The van der Waals surface area contributed by atoms with Gasteiger partial charge < -0.3 is 24.7 Å². The van der Waals surface area contributed by atoms with E-state index in [4.69, 9.17) is 4.74 Å². The second-order valence-electron chi connectivity index (χ2n) is 10.5. The number of amides is 2. The van der Waals surface area contributed by atoms with Crippen molar-refractivity contribution in [3.05, 3.63) is 23.4 Å². The molecule has 0 bridgehead atoms. The topological polar surface area (TPSA) is 103 Å². The lowest BCUT2D eigenvalue weighted by atomic mass is 9.84. The number of hydrogen-bond acceptors (Lipinski definition) is 6. The van der Waals surface area contributed by atoms with E-state index in [0.717, 1.165) is 32.1 Å². The molecule has 190 valence electrons. The number of carbonyl (C=O) groups excluding carboxylic acids is 2. The number of carbonyl (C=O) groups is 2. The van der Waals surface area contributed by atoms with E-state index in [1.54, 1.807) is 36.0 Å². The van der Waals surface area contributed by atoms with Crippen LogP contribution in [0.3, 0.4) is 0 Å². The minimum Gasteiger partial charge on any atom is -0.472 e. The van der Waals surface area contributed by atoms with Gasteiger partial charge in [0.1, 0.15) is 17.3 Å². The molecule has 0 spiro atoms. The molecule has 8 heteroatoms. The maximum atomic E-state index is 13.5. The molecule has 0 unspecified atom stereocenters. The molecule has 35 heavy (non-hydrogen) atoms. The van der Waals surface area contributed by atoms with Gasteiger partial charge in [-0.1, -0.05) is 25.2 Å². The highest BCUT2D eigenvalue weighted by atomic mass is 16.5. The molecule has 2 amide bonds. The monoisotopic (exact) mass is 483 g/mol. The van der Waals surface area contributed by atoms with Crippen molar-refractivity contribution in [1.29, 1.82) is 0 Å². The van der Waals surface area contributed by atoms with Crippen LogP contribution in [-0.2, 0) is 4.79 Å². The van der Waals surface area contributed by atoms with Crippen LogP contribution in [0, 0.1) is 23.7 Å². The average molecular weight is 484 g/mol. The SMILES string of the molecule is C[C@@H]1CN([C@H](C)CO)C(=O)c2cc(C#CC3(O)CCCC3)cnc2O[C@@H]1CN(C)C(=O)C1CCC1. The standard InChI is InChI=1S/C27H37N3O5/c1-18-15-30(19(2)17-31)26(33)22-13-20(9-12-27(34)10-4-5-11-27)14-28-24(22)35-23(18)16-29(3)25(32)21-7-6-8-21/h13-14,18-19,21,23,31,34H,4-8,10-11,15-17H2,1-3H3/t18-,19-,23-/m1/s1. The molecule has 8 nitrogen and oxygen atoms in total. The summed E-state index contributed by atoms with van der Waals surface area (Å²) >= 11 is 0. The van der Waals surface area contributed by atoms with Crippen LogP contribution in [0.4, 0.5) is 0 Å². The van der Waals surface area contributed by atoms with Crippen LogP contribution in [0.15, 0.2) is 12.3 Å². The summed E-state index contributed by atoms with van der Waals surface area (Å²) < 4.78 is 6.27. The van der Waals surface area contributed by atoms with Crippen LogP contribution in [0.5, 0.6) is 5.88 Å². The van der Waals surface area contributed by atoms with Gasteiger partial charge in [0, 0.05) is 37.2 Å². The van der Waals surface area contributed by atoms with Crippen molar-refractivity contribution in [2.24, 2.45) is 11.8 Å². The highest BCUT2D eigenvalue weighted by Crippen LogP contribution is 2.31. The van der Waals surface area contributed by atoms with Crippen LogP contribution in [0.1, 0.15) is 74.7 Å². The van der Waals surface area contributed by atoms with Crippen LogP contribution in [-0.4, -0.2) is 81.3 Å². The number of fused-ring (bicyclic) bond motifs is 1. The van der Waals surface area contributed by atoms with Crippen molar-refractivity contribution in [1.82, 2.24) is 14.8 Å². The Labute approximate surface area is 207 Å². The third-order valence-corrected chi connectivity index (χ3v) is 7.68. The molecule has 3 aliphatic rings. The van der Waals surface area contributed by atoms with Crippen LogP contribution < -0.4 is 4.74 Å². The number of hydrogen-bond donors (Lipinski definition) is 2.